The fourth-order valence-corrected chi connectivity index (χ4v) is 2.32. The maximum atomic E-state index is 11.3. The van der Waals surface area contributed by atoms with Gasteiger partial charge in [-0.15, -0.1) is 0 Å². The number of hydrogen-bond acceptors (Lipinski definition) is 1. The molecule has 0 radical (unpaired) electrons. The number of H-pyrrole nitrogens is 1. The van der Waals surface area contributed by atoms with Crippen LogP contribution in [0, 0.1) is 3.57 Å². The van der Waals surface area contributed by atoms with E-state index < -0.39 is 0 Å². The molecular weight excluding hydrogens is 314 g/mol. The highest BCUT2D eigenvalue weighted by molar-refractivity contribution is 14.1. The number of aromatic amines is 1. The highest BCUT2D eigenvalue weighted by Gasteiger charge is 2.04. The molecular formula is C9H6ClIN2O. The molecule has 0 aliphatic heterocycles. The lowest BCUT2D eigenvalue weighted by atomic mass is 10.3. The summed E-state index contributed by atoms with van der Waals surface area (Å²) in [6.07, 6.45) is 3.29. The van der Waals surface area contributed by atoms with Crippen molar-refractivity contribution in [3.05, 3.63) is 49.7 Å². The largest absolute Gasteiger partial charge is 0.330 e. The molecule has 0 amide bonds. The second kappa shape index (κ2) is 3.78. The van der Waals surface area contributed by atoms with Crippen LogP contribution < -0.4 is 5.69 Å². The van der Waals surface area contributed by atoms with Crippen molar-refractivity contribution in [1.29, 1.82) is 0 Å². The Kier molecular flexibility index (Phi) is 2.64. The normalized spacial score (nSPS) is 10.4. The van der Waals surface area contributed by atoms with E-state index in [1.54, 1.807) is 18.5 Å². The summed E-state index contributed by atoms with van der Waals surface area (Å²) in [4.78, 5) is 13.9. The number of hydrogen-bond donors (Lipinski definition) is 1. The number of nitrogens with zero attached hydrogens (tertiary/aromatic N) is 1. The molecule has 5 heteroatoms. The van der Waals surface area contributed by atoms with Crippen LogP contribution in [0.2, 0.25) is 5.02 Å². The lowest BCUT2D eigenvalue weighted by molar-refractivity contribution is 0.981. The number of halogens is 2. The molecule has 14 heavy (non-hydrogen) atoms. The molecule has 0 aliphatic rings. The number of rotatable bonds is 1. The first kappa shape index (κ1) is 9.79. The zero-order valence-corrected chi connectivity index (χ0v) is 9.91. The minimum absolute atomic E-state index is 0.148. The van der Waals surface area contributed by atoms with E-state index in [0.717, 1.165) is 9.26 Å². The lowest BCUT2D eigenvalue weighted by Crippen LogP contribution is -2.14. The summed E-state index contributed by atoms with van der Waals surface area (Å²) in [5.74, 6) is 0. The maximum absolute atomic E-state index is 11.3. The molecule has 0 saturated heterocycles. The van der Waals surface area contributed by atoms with Gasteiger partial charge >= 0.3 is 5.69 Å². The first-order valence-electron chi connectivity index (χ1n) is 3.90. The third kappa shape index (κ3) is 1.72. The van der Waals surface area contributed by atoms with Crippen molar-refractivity contribution in [3.63, 3.8) is 0 Å². The molecule has 0 unspecified atom stereocenters. The van der Waals surface area contributed by atoms with Crippen LogP contribution in [0.15, 0.2) is 35.4 Å². The van der Waals surface area contributed by atoms with E-state index in [9.17, 15) is 4.79 Å². The fourth-order valence-electron chi connectivity index (χ4n) is 1.19. The molecule has 2 rings (SSSR count). The second-order valence-corrected chi connectivity index (χ2v) is 4.33. The average molecular weight is 321 g/mol. The van der Waals surface area contributed by atoms with Crippen LogP contribution in [-0.4, -0.2) is 9.55 Å². The van der Waals surface area contributed by atoms with Crippen LogP contribution in [0.25, 0.3) is 5.69 Å². The molecule has 1 N–H and O–H groups in total. The molecule has 1 heterocycles. The highest BCUT2D eigenvalue weighted by atomic mass is 127. The van der Waals surface area contributed by atoms with Crippen molar-refractivity contribution >= 4 is 34.2 Å². The van der Waals surface area contributed by atoms with E-state index in [4.69, 9.17) is 11.6 Å². The van der Waals surface area contributed by atoms with Crippen LogP contribution >= 0.6 is 34.2 Å². The first-order valence-corrected chi connectivity index (χ1v) is 5.35. The van der Waals surface area contributed by atoms with E-state index in [1.165, 1.54) is 4.57 Å². The smallest absolute Gasteiger partial charge is 0.312 e. The Hall–Kier alpha value is -0.750. The van der Waals surface area contributed by atoms with Gasteiger partial charge in [0.25, 0.3) is 0 Å². The Morgan fingerprint density at radius 2 is 2.21 bits per heavy atom. The molecule has 0 spiro atoms. The Labute approximate surface area is 98.9 Å². The molecule has 0 atom stereocenters. The topological polar surface area (TPSA) is 37.8 Å². The third-order valence-electron chi connectivity index (χ3n) is 1.82. The van der Waals surface area contributed by atoms with Gasteiger partial charge in [-0.3, -0.25) is 4.57 Å². The molecule has 0 aliphatic carbocycles. The summed E-state index contributed by atoms with van der Waals surface area (Å²) in [6, 6.07) is 5.40. The minimum Gasteiger partial charge on any atom is -0.312 e. The third-order valence-corrected chi connectivity index (χ3v) is 2.92. The van der Waals surface area contributed by atoms with Gasteiger partial charge in [0, 0.05) is 21.0 Å². The van der Waals surface area contributed by atoms with Crippen LogP contribution in [0.3, 0.4) is 0 Å². The molecule has 1 aromatic carbocycles. The van der Waals surface area contributed by atoms with E-state index in [1.807, 2.05) is 12.1 Å². The first-order chi connectivity index (χ1) is 6.68. The predicted octanol–water partition coefficient (Wildman–Crippen LogP) is 2.42. The number of nitrogens with one attached hydrogen (secondary N) is 1. The fraction of sp³-hybridized carbons (Fsp3) is 0. The summed E-state index contributed by atoms with van der Waals surface area (Å²) in [7, 11) is 0. The van der Waals surface area contributed by atoms with Gasteiger partial charge in [0.2, 0.25) is 0 Å². The van der Waals surface area contributed by atoms with Gasteiger partial charge < -0.3 is 4.98 Å². The molecule has 2 aromatic rings. The number of imidazole rings is 1. The average Bonchev–Trinajstić information content (AvgIpc) is 2.52. The van der Waals surface area contributed by atoms with Gasteiger partial charge in [-0.05, 0) is 40.8 Å². The van der Waals surface area contributed by atoms with Gasteiger partial charge in [-0.1, -0.05) is 11.6 Å². The van der Waals surface area contributed by atoms with Crippen molar-refractivity contribution in [3.8, 4) is 5.69 Å². The summed E-state index contributed by atoms with van der Waals surface area (Å²) >= 11 is 7.96. The van der Waals surface area contributed by atoms with Gasteiger partial charge in [0.05, 0.1) is 5.69 Å². The molecule has 72 valence electrons. The van der Waals surface area contributed by atoms with Crippen molar-refractivity contribution in [2.45, 2.75) is 0 Å². The highest BCUT2D eigenvalue weighted by Crippen LogP contribution is 2.20. The second-order valence-electron chi connectivity index (χ2n) is 2.73. The number of benzene rings is 1. The zero-order chi connectivity index (χ0) is 10.1. The Morgan fingerprint density at radius 1 is 1.43 bits per heavy atom. The minimum atomic E-state index is -0.148. The Morgan fingerprint density at radius 3 is 2.79 bits per heavy atom. The van der Waals surface area contributed by atoms with Crippen molar-refractivity contribution < 1.29 is 0 Å². The van der Waals surface area contributed by atoms with Gasteiger partial charge in [-0.25, -0.2) is 4.79 Å². The zero-order valence-electron chi connectivity index (χ0n) is 7.00. The molecule has 0 saturated carbocycles. The summed E-state index contributed by atoms with van der Waals surface area (Å²) in [5.41, 5.74) is 0.687. The van der Waals surface area contributed by atoms with Crippen molar-refractivity contribution in [2.75, 3.05) is 0 Å². The van der Waals surface area contributed by atoms with E-state index in [2.05, 4.69) is 27.6 Å². The summed E-state index contributed by atoms with van der Waals surface area (Å²) < 4.78 is 2.48. The predicted molar refractivity (Wildman–Crippen MR) is 64.1 cm³/mol. The molecule has 3 nitrogen and oxygen atoms in total. The van der Waals surface area contributed by atoms with Gasteiger partial charge in [-0.2, -0.15) is 0 Å². The van der Waals surface area contributed by atoms with Crippen LogP contribution in [0.1, 0.15) is 0 Å². The van der Waals surface area contributed by atoms with Crippen LogP contribution in [0.4, 0.5) is 0 Å². The SMILES string of the molecule is O=c1[nH]ccn1-c1ccc(Cl)cc1I. The van der Waals surface area contributed by atoms with Crippen LogP contribution in [-0.2, 0) is 0 Å². The monoisotopic (exact) mass is 320 g/mol. The van der Waals surface area contributed by atoms with Crippen molar-refractivity contribution in [2.24, 2.45) is 0 Å². The summed E-state index contributed by atoms with van der Waals surface area (Å²) in [5, 5.41) is 0.668. The molecule has 1 aromatic heterocycles. The Balaban J connectivity index is 2.63. The maximum Gasteiger partial charge on any atom is 0.330 e. The quantitative estimate of drug-likeness (QED) is 0.805. The summed E-state index contributed by atoms with van der Waals surface area (Å²) in [6.45, 7) is 0. The van der Waals surface area contributed by atoms with E-state index in [-0.39, 0.29) is 5.69 Å². The van der Waals surface area contributed by atoms with E-state index in [0.29, 0.717) is 5.02 Å². The molecule has 0 fully saturated rings. The number of aromatic nitrogens is 2. The van der Waals surface area contributed by atoms with Crippen LogP contribution in [0.5, 0.6) is 0 Å². The van der Waals surface area contributed by atoms with Crippen molar-refractivity contribution in [1.82, 2.24) is 9.55 Å². The molecule has 0 bridgehead atoms. The lowest BCUT2D eigenvalue weighted by Gasteiger charge is -2.03. The van der Waals surface area contributed by atoms with Gasteiger partial charge in [0.1, 0.15) is 0 Å². The van der Waals surface area contributed by atoms with E-state index >= 15 is 0 Å². The Bertz CT molecular complexity index is 518. The standard InChI is InChI=1S/C9H6ClIN2O/c10-6-1-2-8(7(11)5-6)13-4-3-12-9(13)14/h1-5H,(H,12,14). The van der Waals surface area contributed by atoms with Gasteiger partial charge in [0.15, 0.2) is 0 Å².